The highest BCUT2D eigenvalue weighted by molar-refractivity contribution is 4.82. The summed E-state index contributed by atoms with van der Waals surface area (Å²) in [6, 6.07) is 0. The van der Waals surface area contributed by atoms with Gasteiger partial charge in [0.05, 0.1) is 13.5 Å². The maximum Gasteiger partial charge on any atom is 0.0958 e. The molecular formula is C9H20N2O. The predicted octanol–water partition coefficient (Wildman–Crippen LogP) is 1.03. The number of nitrogens with two attached hydrogens (primary N) is 2. The molecule has 0 unspecified atom stereocenters. The molecule has 0 saturated heterocycles. The molecule has 2 saturated carbocycles. The van der Waals surface area contributed by atoms with Gasteiger partial charge in [0.1, 0.15) is 0 Å². The van der Waals surface area contributed by atoms with E-state index in [9.17, 15) is 0 Å². The molecule has 2 aliphatic rings. The maximum absolute atomic E-state index is 4.84. The number of hydrogen-bond acceptors (Lipinski definition) is 3. The van der Waals surface area contributed by atoms with Gasteiger partial charge in [-0.05, 0) is 18.3 Å². The molecular weight excluding hydrogens is 152 g/mol. The predicted molar refractivity (Wildman–Crippen MR) is 49.3 cm³/mol. The molecule has 3 heteroatoms. The fourth-order valence-electron chi connectivity index (χ4n) is 2.24. The molecule has 0 aromatic carbocycles. The maximum atomic E-state index is 4.84. The molecule has 0 aromatic rings. The van der Waals surface area contributed by atoms with Crippen molar-refractivity contribution in [2.75, 3.05) is 13.5 Å². The first-order valence-corrected chi connectivity index (χ1v) is 4.84. The van der Waals surface area contributed by atoms with Gasteiger partial charge in [-0.25, -0.2) is 0 Å². The molecule has 2 fully saturated rings. The van der Waals surface area contributed by atoms with Gasteiger partial charge in [-0.1, -0.05) is 25.7 Å². The van der Waals surface area contributed by atoms with Gasteiger partial charge in [-0.15, -0.1) is 0 Å². The first-order valence-electron chi connectivity index (χ1n) is 4.84. The van der Waals surface area contributed by atoms with E-state index in [0.29, 0.717) is 0 Å². The Bertz CT molecular complexity index is 99.1. The van der Waals surface area contributed by atoms with E-state index < -0.39 is 0 Å². The van der Waals surface area contributed by atoms with E-state index in [1.807, 2.05) is 0 Å². The van der Waals surface area contributed by atoms with Crippen LogP contribution in [0.2, 0.25) is 0 Å². The van der Waals surface area contributed by atoms with Gasteiger partial charge in [0.15, 0.2) is 0 Å². The third-order valence-electron chi connectivity index (χ3n) is 2.87. The van der Waals surface area contributed by atoms with Gasteiger partial charge in [-0.3, -0.25) is 0 Å². The Morgan fingerprint density at radius 3 is 1.42 bits per heavy atom. The van der Waals surface area contributed by atoms with Crippen molar-refractivity contribution < 1.29 is 4.74 Å². The highest BCUT2D eigenvalue weighted by atomic mass is 16.5. The summed E-state index contributed by atoms with van der Waals surface area (Å²) in [7, 11) is 0. The van der Waals surface area contributed by atoms with Crippen molar-refractivity contribution in [3.8, 4) is 0 Å². The lowest BCUT2D eigenvalue weighted by atomic mass is 10.0. The van der Waals surface area contributed by atoms with Crippen LogP contribution in [0.5, 0.6) is 0 Å². The van der Waals surface area contributed by atoms with E-state index >= 15 is 0 Å². The Morgan fingerprint density at radius 2 is 1.33 bits per heavy atom. The molecule has 0 aromatic heterocycles. The normalized spacial score (nSPS) is 31.5. The lowest BCUT2D eigenvalue weighted by molar-refractivity contribution is 0.148. The minimum atomic E-state index is 0.219. The summed E-state index contributed by atoms with van der Waals surface area (Å²) in [6.07, 6.45) is 7.82. The fourth-order valence-corrected chi connectivity index (χ4v) is 2.24. The van der Waals surface area contributed by atoms with E-state index in [-0.39, 0.29) is 13.5 Å². The third-order valence-corrected chi connectivity index (χ3v) is 2.87. The molecule has 0 atom stereocenters. The van der Waals surface area contributed by atoms with Crippen LogP contribution in [0.3, 0.4) is 0 Å². The van der Waals surface area contributed by atoms with E-state index in [2.05, 4.69) is 4.74 Å². The van der Waals surface area contributed by atoms with Crippen LogP contribution in [0.1, 0.15) is 32.1 Å². The molecule has 0 spiro atoms. The summed E-state index contributed by atoms with van der Waals surface area (Å²) < 4.78 is 4.39. The monoisotopic (exact) mass is 172 g/mol. The Kier molecular flexibility index (Phi) is 4.58. The molecule has 2 aliphatic carbocycles. The van der Waals surface area contributed by atoms with Crippen molar-refractivity contribution in [2.45, 2.75) is 32.1 Å². The van der Waals surface area contributed by atoms with Crippen LogP contribution in [0.15, 0.2) is 0 Å². The molecule has 0 amide bonds. The lowest BCUT2D eigenvalue weighted by Crippen LogP contribution is -2.10. The van der Waals surface area contributed by atoms with Gasteiger partial charge >= 0.3 is 0 Å². The molecule has 12 heavy (non-hydrogen) atoms. The van der Waals surface area contributed by atoms with Gasteiger partial charge < -0.3 is 16.2 Å². The minimum absolute atomic E-state index is 0.219. The van der Waals surface area contributed by atoms with E-state index in [1.165, 1.54) is 11.8 Å². The number of hydrogen-bond donors (Lipinski definition) is 2. The van der Waals surface area contributed by atoms with Gasteiger partial charge in [0.2, 0.25) is 0 Å². The molecule has 72 valence electrons. The average Bonchev–Trinajstić information content (AvgIpc) is 2.69. The summed E-state index contributed by atoms with van der Waals surface area (Å²) in [5.74, 6) is 2.34. The largest absolute Gasteiger partial charge is 0.352 e. The van der Waals surface area contributed by atoms with Crippen molar-refractivity contribution >= 4 is 0 Å². The van der Waals surface area contributed by atoms with Crippen molar-refractivity contribution in [1.82, 2.24) is 0 Å². The van der Waals surface area contributed by atoms with Crippen molar-refractivity contribution in [1.29, 1.82) is 0 Å². The molecule has 0 heterocycles. The average molecular weight is 172 g/mol. The summed E-state index contributed by atoms with van der Waals surface area (Å²) in [5, 5.41) is 0. The van der Waals surface area contributed by atoms with Crippen LogP contribution in [-0.4, -0.2) is 13.5 Å². The van der Waals surface area contributed by atoms with Crippen LogP contribution >= 0.6 is 0 Å². The molecule has 4 N–H and O–H groups in total. The first-order chi connectivity index (χ1) is 5.86. The molecule has 2 bridgehead atoms. The van der Waals surface area contributed by atoms with Crippen molar-refractivity contribution in [3.63, 3.8) is 0 Å². The Morgan fingerprint density at radius 1 is 0.917 bits per heavy atom. The minimum Gasteiger partial charge on any atom is -0.352 e. The van der Waals surface area contributed by atoms with Gasteiger partial charge in [0.25, 0.3) is 0 Å². The summed E-state index contributed by atoms with van der Waals surface area (Å²) in [5.41, 5.74) is 9.67. The number of ether oxygens (including phenoxy) is 1. The lowest BCUT2D eigenvalue weighted by Gasteiger charge is -2.05. The van der Waals surface area contributed by atoms with E-state index in [4.69, 9.17) is 11.5 Å². The number of rotatable bonds is 2. The van der Waals surface area contributed by atoms with Crippen molar-refractivity contribution in [3.05, 3.63) is 0 Å². The number of fused-ring (bicyclic) bond motifs is 2. The van der Waals surface area contributed by atoms with Crippen LogP contribution in [-0.2, 0) is 4.74 Å². The molecule has 2 rings (SSSR count). The molecule has 0 aliphatic heterocycles. The van der Waals surface area contributed by atoms with Crippen LogP contribution < -0.4 is 11.5 Å². The highest BCUT2D eigenvalue weighted by Gasteiger charge is 2.30. The summed E-state index contributed by atoms with van der Waals surface area (Å²) >= 11 is 0. The summed E-state index contributed by atoms with van der Waals surface area (Å²) in [4.78, 5) is 0. The fraction of sp³-hybridized carbons (Fsp3) is 1.00. The van der Waals surface area contributed by atoms with E-state index in [1.54, 1.807) is 32.1 Å². The zero-order valence-corrected chi connectivity index (χ0v) is 7.67. The second kappa shape index (κ2) is 5.51. The Labute approximate surface area is 74.4 Å². The van der Waals surface area contributed by atoms with Gasteiger partial charge in [0, 0.05) is 0 Å². The van der Waals surface area contributed by atoms with Crippen LogP contribution in [0.4, 0.5) is 0 Å². The third kappa shape index (κ3) is 3.09. The standard InChI is InChI=1S/C7H12.C2H8N2O/c1-2-7-4-3-6(1)5-7;3-1-5-2-4/h6-7H,1-5H2;1-4H2. The van der Waals surface area contributed by atoms with Crippen LogP contribution in [0, 0.1) is 11.8 Å². The van der Waals surface area contributed by atoms with E-state index in [0.717, 1.165) is 0 Å². The smallest absolute Gasteiger partial charge is 0.0958 e. The topological polar surface area (TPSA) is 61.3 Å². The molecule has 0 radical (unpaired) electrons. The van der Waals surface area contributed by atoms with Gasteiger partial charge in [-0.2, -0.15) is 0 Å². The quantitative estimate of drug-likeness (QED) is 0.612. The second-order valence-electron chi connectivity index (χ2n) is 3.66. The van der Waals surface area contributed by atoms with Crippen LogP contribution in [0.25, 0.3) is 0 Å². The SMILES string of the molecule is C1CC2CCC1C2.NCOCN. The second-order valence-corrected chi connectivity index (χ2v) is 3.66. The zero-order chi connectivity index (χ0) is 8.81. The Hall–Kier alpha value is -0.120. The van der Waals surface area contributed by atoms with Crippen molar-refractivity contribution in [2.24, 2.45) is 23.3 Å². The zero-order valence-electron chi connectivity index (χ0n) is 7.67. The summed E-state index contributed by atoms with van der Waals surface area (Å²) in [6.45, 7) is 0.438. The highest BCUT2D eigenvalue weighted by Crippen LogP contribution is 2.43. The Balaban J connectivity index is 0.000000130. The first kappa shape index (κ1) is 9.96. The molecule has 3 nitrogen and oxygen atoms in total.